The third-order valence-electron chi connectivity index (χ3n) is 2.85. The monoisotopic (exact) mass is 309 g/mol. The van der Waals surface area contributed by atoms with E-state index in [2.05, 4.69) is 10.5 Å². The minimum Gasteiger partial charge on any atom is -0.388 e. The van der Waals surface area contributed by atoms with E-state index in [1.165, 1.54) is 18.4 Å². The van der Waals surface area contributed by atoms with Gasteiger partial charge in [-0.05, 0) is 0 Å². The van der Waals surface area contributed by atoms with Gasteiger partial charge < -0.3 is 10.2 Å². The summed E-state index contributed by atoms with van der Waals surface area (Å²) in [6, 6.07) is 0. The lowest BCUT2D eigenvalue weighted by molar-refractivity contribution is -0.137. The Morgan fingerprint density at radius 2 is 1.95 bits per heavy atom. The Morgan fingerprint density at radius 1 is 1.32 bits per heavy atom. The third-order valence-corrected chi connectivity index (χ3v) is 2.85. The molecular weight excluding hydrogens is 290 g/mol. The Balaban J connectivity index is 2.12. The van der Waals surface area contributed by atoms with E-state index in [4.69, 9.17) is 4.84 Å². The maximum absolute atomic E-state index is 11.5. The van der Waals surface area contributed by atoms with Crippen LogP contribution in [0.4, 0.5) is 0 Å². The lowest BCUT2D eigenvalue weighted by atomic mass is 10.1. The van der Waals surface area contributed by atoms with Crippen LogP contribution in [-0.4, -0.2) is 54.3 Å². The smallest absolute Gasteiger partial charge is 0.253 e. The normalized spacial score (nSPS) is 14.2. The third kappa shape index (κ3) is 5.86. The molecule has 22 heavy (non-hydrogen) atoms. The SMILES string of the molecule is CC(C)C(=O)CO/N=C/CNC(=O)CCN1C(=O)C=CC1=O. The van der Waals surface area contributed by atoms with Crippen LogP contribution in [0.2, 0.25) is 0 Å². The van der Waals surface area contributed by atoms with E-state index in [9.17, 15) is 19.2 Å². The van der Waals surface area contributed by atoms with Gasteiger partial charge in [-0.1, -0.05) is 19.0 Å². The van der Waals surface area contributed by atoms with Gasteiger partial charge in [-0.2, -0.15) is 0 Å². The number of imide groups is 1. The number of carbonyl (C=O) groups is 4. The van der Waals surface area contributed by atoms with Crippen LogP contribution in [0, 0.1) is 5.92 Å². The van der Waals surface area contributed by atoms with E-state index < -0.39 is 11.8 Å². The fourth-order valence-corrected chi connectivity index (χ4v) is 1.47. The van der Waals surface area contributed by atoms with Crippen molar-refractivity contribution in [1.82, 2.24) is 10.2 Å². The number of ketones is 1. The molecule has 1 aliphatic rings. The molecule has 0 spiro atoms. The van der Waals surface area contributed by atoms with Gasteiger partial charge in [-0.15, -0.1) is 0 Å². The number of rotatable bonds is 9. The second-order valence-electron chi connectivity index (χ2n) is 4.90. The number of amides is 3. The van der Waals surface area contributed by atoms with Crippen LogP contribution in [0.5, 0.6) is 0 Å². The first-order valence-corrected chi connectivity index (χ1v) is 6.88. The van der Waals surface area contributed by atoms with Gasteiger partial charge in [0.15, 0.2) is 12.4 Å². The van der Waals surface area contributed by atoms with E-state index in [1.54, 1.807) is 13.8 Å². The van der Waals surface area contributed by atoms with Crippen molar-refractivity contribution in [2.24, 2.45) is 11.1 Å². The summed E-state index contributed by atoms with van der Waals surface area (Å²) in [5.74, 6) is -1.32. The molecule has 8 nitrogen and oxygen atoms in total. The number of Topliss-reactive ketones (excluding diaryl/α,β-unsaturated/α-hetero) is 1. The quantitative estimate of drug-likeness (QED) is 0.356. The van der Waals surface area contributed by atoms with E-state index >= 15 is 0 Å². The highest BCUT2D eigenvalue weighted by molar-refractivity contribution is 6.13. The first kappa shape index (κ1) is 17.5. The van der Waals surface area contributed by atoms with Crippen LogP contribution < -0.4 is 5.32 Å². The molecule has 0 fully saturated rings. The average Bonchev–Trinajstić information content (AvgIpc) is 2.79. The van der Waals surface area contributed by atoms with Crippen molar-refractivity contribution in [2.75, 3.05) is 19.7 Å². The lowest BCUT2D eigenvalue weighted by Crippen LogP contribution is -2.35. The molecule has 1 rings (SSSR count). The van der Waals surface area contributed by atoms with Crippen molar-refractivity contribution in [2.45, 2.75) is 20.3 Å². The van der Waals surface area contributed by atoms with E-state index in [0.29, 0.717) is 0 Å². The summed E-state index contributed by atoms with van der Waals surface area (Å²) >= 11 is 0. The molecule has 0 aromatic carbocycles. The van der Waals surface area contributed by atoms with Gasteiger partial charge in [0, 0.05) is 31.0 Å². The maximum atomic E-state index is 11.5. The maximum Gasteiger partial charge on any atom is 0.253 e. The van der Waals surface area contributed by atoms with Gasteiger partial charge in [-0.3, -0.25) is 24.1 Å². The van der Waals surface area contributed by atoms with Gasteiger partial charge in [0.1, 0.15) is 0 Å². The summed E-state index contributed by atoms with van der Waals surface area (Å²) in [6.45, 7) is 3.60. The molecule has 0 saturated carbocycles. The van der Waals surface area contributed by atoms with Crippen molar-refractivity contribution < 1.29 is 24.0 Å². The predicted molar refractivity (Wildman–Crippen MR) is 77.8 cm³/mol. The highest BCUT2D eigenvalue weighted by Gasteiger charge is 2.23. The second-order valence-corrected chi connectivity index (χ2v) is 4.90. The molecule has 1 N–H and O–H groups in total. The summed E-state index contributed by atoms with van der Waals surface area (Å²) < 4.78 is 0. The van der Waals surface area contributed by atoms with Crippen molar-refractivity contribution in [1.29, 1.82) is 0 Å². The van der Waals surface area contributed by atoms with Crippen LogP contribution >= 0.6 is 0 Å². The molecule has 3 amide bonds. The molecule has 0 aromatic rings. The van der Waals surface area contributed by atoms with E-state index in [-0.39, 0.29) is 43.7 Å². The topological polar surface area (TPSA) is 105 Å². The minimum absolute atomic E-state index is 0.0136. The molecular formula is C14H19N3O5. The molecule has 0 aliphatic carbocycles. The van der Waals surface area contributed by atoms with Crippen LogP contribution in [0.1, 0.15) is 20.3 Å². The molecule has 0 aromatic heterocycles. The fourth-order valence-electron chi connectivity index (χ4n) is 1.47. The van der Waals surface area contributed by atoms with Gasteiger partial charge >= 0.3 is 0 Å². The van der Waals surface area contributed by atoms with Crippen LogP contribution in [0.3, 0.4) is 0 Å². The zero-order chi connectivity index (χ0) is 16.5. The van der Waals surface area contributed by atoms with Crippen LogP contribution in [-0.2, 0) is 24.0 Å². The Kier molecular flexibility index (Phi) is 6.94. The van der Waals surface area contributed by atoms with Crippen LogP contribution in [0.25, 0.3) is 0 Å². The molecule has 0 unspecified atom stereocenters. The van der Waals surface area contributed by atoms with E-state index in [1.807, 2.05) is 0 Å². The Hall–Kier alpha value is -2.51. The van der Waals surface area contributed by atoms with Gasteiger partial charge in [0.2, 0.25) is 5.91 Å². The Labute approximate surface area is 128 Å². The summed E-state index contributed by atoms with van der Waals surface area (Å²) in [5, 5.41) is 6.06. The van der Waals surface area contributed by atoms with Crippen molar-refractivity contribution >= 4 is 29.7 Å². The second kappa shape index (κ2) is 8.71. The average molecular weight is 309 g/mol. The Morgan fingerprint density at radius 3 is 2.55 bits per heavy atom. The van der Waals surface area contributed by atoms with Crippen molar-refractivity contribution in [3.05, 3.63) is 12.2 Å². The largest absolute Gasteiger partial charge is 0.388 e. The molecule has 0 atom stereocenters. The molecule has 1 aliphatic heterocycles. The zero-order valence-electron chi connectivity index (χ0n) is 12.6. The number of oxime groups is 1. The standard InChI is InChI=1S/C14H19N3O5/c1-10(2)11(18)9-22-16-7-6-15-12(19)5-8-17-13(20)3-4-14(17)21/h3-4,7,10H,5-6,8-9H2,1-2H3,(H,15,19)/b16-7+. The first-order valence-electron chi connectivity index (χ1n) is 6.88. The molecule has 0 radical (unpaired) electrons. The van der Waals surface area contributed by atoms with Crippen molar-refractivity contribution in [3.63, 3.8) is 0 Å². The molecule has 0 saturated heterocycles. The lowest BCUT2D eigenvalue weighted by Gasteiger charge is -2.12. The van der Waals surface area contributed by atoms with Crippen molar-refractivity contribution in [3.8, 4) is 0 Å². The van der Waals surface area contributed by atoms with E-state index in [0.717, 1.165) is 4.90 Å². The first-order chi connectivity index (χ1) is 10.4. The number of nitrogens with one attached hydrogen (secondary N) is 1. The fraction of sp³-hybridized carbons (Fsp3) is 0.500. The molecule has 8 heteroatoms. The number of nitrogens with zero attached hydrogens (tertiary/aromatic N) is 2. The number of hydrogen-bond donors (Lipinski definition) is 1. The summed E-state index contributed by atoms with van der Waals surface area (Å²) in [5.41, 5.74) is 0. The molecule has 1 heterocycles. The Bertz CT molecular complexity index is 493. The predicted octanol–water partition coefficient (Wildman–Crippen LogP) is -0.355. The highest BCUT2D eigenvalue weighted by atomic mass is 16.6. The summed E-state index contributed by atoms with van der Waals surface area (Å²) in [6.07, 6.45) is 3.67. The minimum atomic E-state index is -0.414. The summed E-state index contributed by atoms with van der Waals surface area (Å²) in [4.78, 5) is 51.0. The highest BCUT2D eigenvalue weighted by Crippen LogP contribution is 2.03. The van der Waals surface area contributed by atoms with Gasteiger partial charge in [0.05, 0.1) is 12.8 Å². The van der Waals surface area contributed by atoms with Gasteiger partial charge in [-0.25, -0.2) is 0 Å². The summed E-state index contributed by atoms with van der Waals surface area (Å²) in [7, 11) is 0. The number of carbonyl (C=O) groups excluding carboxylic acids is 4. The molecule has 0 bridgehead atoms. The van der Waals surface area contributed by atoms with Gasteiger partial charge in [0.25, 0.3) is 11.8 Å². The van der Waals surface area contributed by atoms with Crippen LogP contribution in [0.15, 0.2) is 17.3 Å². The zero-order valence-corrected chi connectivity index (χ0v) is 12.6. The molecule has 120 valence electrons. The number of hydrogen-bond acceptors (Lipinski definition) is 6.